The van der Waals surface area contributed by atoms with E-state index in [4.69, 9.17) is 9.26 Å². The van der Waals surface area contributed by atoms with Gasteiger partial charge in [0.25, 0.3) is 5.56 Å². The number of ether oxygens (including phenoxy) is 2. The number of benzene rings is 2. The van der Waals surface area contributed by atoms with Crippen LogP contribution in [0.1, 0.15) is 6.92 Å². The molecular weight excluding hydrogens is 434 g/mol. The molecule has 33 heavy (non-hydrogen) atoms. The molecule has 3 aromatic heterocycles. The molecule has 10 heteroatoms. The minimum absolute atomic E-state index is 0.0233. The third-order valence-electron chi connectivity index (χ3n) is 4.98. The Bertz CT molecular complexity index is 1510. The summed E-state index contributed by atoms with van der Waals surface area (Å²) >= 11 is 0. The Morgan fingerprint density at radius 3 is 2.64 bits per heavy atom. The zero-order chi connectivity index (χ0) is 22.9. The van der Waals surface area contributed by atoms with Gasteiger partial charge in [-0.15, -0.1) is 0 Å². The maximum atomic E-state index is 13.7. The summed E-state index contributed by atoms with van der Waals surface area (Å²) in [7, 11) is 0. The summed E-state index contributed by atoms with van der Waals surface area (Å²) in [6.45, 7) is -0.796. The average molecular weight is 450 g/mol. The quantitative estimate of drug-likeness (QED) is 0.374. The minimum atomic E-state index is -2.95. The lowest BCUT2D eigenvalue weighted by Crippen LogP contribution is -2.21. The molecule has 0 aliphatic heterocycles. The van der Waals surface area contributed by atoms with Gasteiger partial charge in [0, 0.05) is 22.5 Å². The van der Waals surface area contributed by atoms with Crippen molar-refractivity contribution in [3.63, 3.8) is 0 Å². The van der Waals surface area contributed by atoms with Gasteiger partial charge in [0.05, 0.1) is 18.5 Å². The second-order valence-electron chi connectivity index (χ2n) is 7.01. The van der Waals surface area contributed by atoms with Crippen molar-refractivity contribution >= 4 is 22.0 Å². The van der Waals surface area contributed by atoms with Crippen LogP contribution in [0.5, 0.6) is 11.8 Å². The number of pyridine rings is 1. The molecule has 166 valence electrons. The Morgan fingerprint density at radius 2 is 1.88 bits per heavy atom. The number of aromatic nitrogens is 4. The van der Waals surface area contributed by atoms with Crippen LogP contribution in [0.25, 0.3) is 38.8 Å². The minimum Gasteiger partial charge on any atom is -0.464 e. The summed E-state index contributed by atoms with van der Waals surface area (Å²) in [4.78, 5) is 22.3. The number of alkyl halides is 2. The molecule has 0 saturated heterocycles. The molecule has 5 rings (SSSR count). The van der Waals surface area contributed by atoms with Crippen LogP contribution in [-0.4, -0.2) is 32.9 Å². The molecule has 0 N–H and O–H groups in total. The predicted octanol–water partition coefficient (Wildman–Crippen LogP) is 4.59. The zero-order valence-corrected chi connectivity index (χ0v) is 17.2. The van der Waals surface area contributed by atoms with Crippen LogP contribution in [0, 0.1) is 0 Å². The van der Waals surface area contributed by atoms with E-state index in [-0.39, 0.29) is 17.3 Å². The van der Waals surface area contributed by atoms with E-state index < -0.39 is 6.61 Å². The van der Waals surface area contributed by atoms with Crippen molar-refractivity contribution in [2.45, 2.75) is 13.5 Å². The molecule has 0 fully saturated rings. The van der Waals surface area contributed by atoms with Crippen LogP contribution >= 0.6 is 0 Å². The van der Waals surface area contributed by atoms with Crippen molar-refractivity contribution in [3.8, 4) is 28.6 Å². The highest BCUT2D eigenvalue weighted by molar-refractivity contribution is 5.86. The van der Waals surface area contributed by atoms with Crippen LogP contribution in [-0.2, 0) is 0 Å². The number of rotatable bonds is 6. The highest BCUT2D eigenvalue weighted by Gasteiger charge is 2.16. The van der Waals surface area contributed by atoms with Crippen molar-refractivity contribution in [1.82, 2.24) is 19.7 Å². The molecule has 0 saturated carbocycles. The second kappa shape index (κ2) is 8.30. The Balaban J connectivity index is 1.74. The van der Waals surface area contributed by atoms with E-state index in [0.29, 0.717) is 40.0 Å². The Hall–Kier alpha value is -4.34. The first-order valence-corrected chi connectivity index (χ1v) is 9.99. The first-order chi connectivity index (χ1) is 16.0. The first kappa shape index (κ1) is 20.6. The van der Waals surface area contributed by atoms with E-state index in [9.17, 15) is 13.6 Å². The van der Waals surface area contributed by atoms with Gasteiger partial charge in [0.2, 0.25) is 0 Å². The van der Waals surface area contributed by atoms with Gasteiger partial charge >= 0.3 is 12.6 Å². The van der Waals surface area contributed by atoms with E-state index in [1.807, 2.05) is 0 Å². The topological polar surface area (TPSA) is 92.3 Å². The molecule has 0 radical (unpaired) electrons. The van der Waals surface area contributed by atoms with Crippen molar-refractivity contribution in [2.75, 3.05) is 6.61 Å². The average Bonchev–Trinajstić information content (AvgIpc) is 3.27. The summed E-state index contributed by atoms with van der Waals surface area (Å²) in [5.41, 5.74) is 2.02. The highest BCUT2D eigenvalue weighted by atomic mass is 19.3. The molecule has 5 aromatic rings. The molecule has 0 unspecified atom stereocenters. The lowest BCUT2D eigenvalue weighted by molar-refractivity contribution is -0.0498. The van der Waals surface area contributed by atoms with E-state index in [2.05, 4.69) is 19.9 Å². The summed E-state index contributed by atoms with van der Waals surface area (Å²) < 4.78 is 41.4. The number of nitrogens with zero attached hydrogens (tertiary/aromatic N) is 4. The molecule has 3 heterocycles. The SMILES string of the molecule is CCOc1ncc2cc(-c3ccc4oncc4c3)c(=O)n(-c3ccc(OC(F)F)cc3)c2n1. The second-order valence-corrected chi connectivity index (χ2v) is 7.01. The Kier molecular flexibility index (Phi) is 5.17. The van der Waals surface area contributed by atoms with Crippen LogP contribution in [0.2, 0.25) is 0 Å². The zero-order valence-electron chi connectivity index (χ0n) is 17.2. The lowest BCUT2D eigenvalue weighted by Gasteiger charge is -2.14. The van der Waals surface area contributed by atoms with E-state index in [1.165, 1.54) is 28.8 Å². The van der Waals surface area contributed by atoms with Crippen LogP contribution < -0.4 is 15.0 Å². The van der Waals surface area contributed by atoms with Gasteiger partial charge in [-0.3, -0.25) is 9.36 Å². The van der Waals surface area contributed by atoms with Gasteiger partial charge in [-0.2, -0.15) is 13.8 Å². The normalized spacial score (nSPS) is 11.4. The third-order valence-corrected chi connectivity index (χ3v) is 4.98. The molecule has 0 spiro atoms. The molecule has 0 aliphatic carbocycles. The van der Waals surface area contributed by atoms with Crippen molar-refractivity contribution in [3.05, 3.63) is 71.3 Å². The molecule has 8 nitrogen and oxygen atoms in total. The summed E-state index contributed by atoms with van der Waals surface area (Å²) in [6, 6.07) is 12.9. The Labute approximate surface area is 185 Å². The first-order valence-electron chi connectivity index (χ1n) is 9.99. The maximum absolute atomic E-state index is 13.7. The fourth-order valence-corrected chi connectivity index (χ4v) is 3.54. The molecule has 0 amide bonds. The van der Waals surface area contributed by atoms with Crippen LogP contribution in [0.4, 0.5) is 8.78 Å². The van der Waals surface area contributed by atoms with Crippen molar-refractivity contribution in [2.24, 2.45) is 0 Å². The fourth-order valence-electron chi connectivity index (χ4n) is 3.54. The number of hydrogen-bond donors (Lipinski definition) is 0. The van der Waals surface area contributed by atoms with Crippen LogP contribution in [0.15, 0.2) is 70.2 Å². The monoisotopic (exact) mass is 450 g/mol. The maximum Gasteiger partial charge on any atom is 0.387 e. The predicted molar refractivity (Wildman–Crippen MR) is 116 cm³/mol. The smallest absolute Gasteiger partial charge is 0.387 e. The van der Waals surface area contributed by atoms with E-state index in [0.717, 1.165) is 5.39 Å². The van der Waals surface area contributed by atoms with Gasteiger partial charge in [-0.05, 0) is 55.0 Å². The van der Waals surface area contributed by atoms with Gasteiger partial charge < -0.3 is 14.0 Å². The van der Waals surface area contributed by atoms with Crippen LogP contribution in [0.3, 0.4) is 0 Å². The molecule has 0 bridgehead atoms. The highest BCUT2D eigenvalue weighted by Crippen LogP contribution is 2.27. The van der Waals surface area contributed by atoms with Gasteiger partial charge in [-0.25, -0.2) is 4.98 Å². The van der Waals surface area contributed by atoms with E-state index >= 15 is 0 Å². The standard InChI is InChI=1S/C23H16F2N4O4/c1-2-31-23-26-11-15-10-18(13-3-8-19-14(9-13)12-27-33-19)21(30)29(20(15)28-23)16-4-6-17(7-5-16)32-22(24)25/h3-12,22H,2H2,1H3. The molecule has 0 aliphatic rings. The van der Waals surface area contributed by atoms with Crippen molar-refractivity contribution in [1.29, 1.82) is 0 Å². The third kappa shape index (κ3) is 3.86. The van der Waals surface area contributed by atoms with Crippen molar-refractivity contribution < 1.29 is 22.8 Å². The number of halogens is 2. The van der Waals surface area contributed by atoms with Gasteiger partial charge in [-0.1, -0.05) is 11.2 Å². The number of fused-ring (bicyclic) bond motifs is 2. The molecule has 2 aromatic carbocycles. The number of hydrogen-bond acceptors (Lipinski definition) is 7. The van der Waals surface area contributed by atoms with E-state index in [1.54, 1.807) is 43.6 Å². The summed E-state index contributed by atoms with van der Waals surface area (Å²) in [5, 5.41) is 5.11. The fraction of sp³-hybridized carbons (Fsp3) is 0.130. The lowest BCUT2D eigenvalue weighted by atomic mass is 10.0. The summed E-state index contributed by atoms with van der Waals surface area (Å²) in [5.74, 6) is -0.0233. The summed E-state index contributed by atoms with van der Waals surface area (Å²) in [6.07, 6.45) is 3.14. The molecular formula is C23H16F2N4O4. The Morgan fingerprint density at radius 1 is 1.06 bits per heavy atom. The van der Waals surface area contributed by atoms with Gasteiger partial charge in [0.15, 0.2) is 11.2 Å². The largest absolute Gasteiger partial charge is 0.464 e. The molecule has 0 atom stereocenters. The van der Waals surface area contributed by atoms with Gasteiger partial charge in [0.1, 0.15) is 5.75 Å².